The van der Waals surface area contributed by atoms with Crippen LogP contribution in [-0.2, 0) is 14.4 Å². The van der Waals surface area contributed by atoms with E-state index in [-0.39, 0.29) is 28.9 Å². The van der Waals surface area contributed by atoms with Gasteiger partial charge in [0.1, 0.15) is 11.3 Å². The van der Waals surface area contributed by atoms with E-state index in [4.69, 9.17) is 16.3 Å². The second-order valence-corrected chi connectivity index (χ2v) is 8.55. The lowest BCUT2D eigenvalue weighted by Gasteiger charge is -2.26. The molecule has 0 atom stereocenters. The lowest BCUT2D eigenvalue weighted by Crippen LogP contribution is -2.54. The van der Waals surface area contributed by atoms with Gasteiger partial charge in [-0.15, -0.1) is 0 Å². The summed E-state index contributed by atoms with van der Waals surface area (Å²) in [7, 11) is 0. The Balaban J connectivity index is 1.47. The topological polar surface area (TPSA) is 105 Å². The van der Waals surface area contributed by atoms with E-state index < -0.39 is 17.8 Å². The number of nitrogens with zero attached hydrogens (tertiary/aromatic N) is 1. The standard InChI is InChI=1S/C27H22ClN3O5/c1-16-8-9-17(2)22(12-16)29-24(32)15-36-23-11-10-18(14-21(23)28)13-20-25(33)30-27(35)31(26(20)34)19-6-4-3-5-7-19/h3-14H,15H2,1-2H3,(H,29,32)(H,30,33,35)/b20-13-. The molecule has 0 bridgehead atoms. The minimum atomic E-state index is -0.825. The second kappa shape index (κ2) is 10.5. The molecule has 1 aliphatic rings. The smallest absolute Gasteiger partial charge is 0.335 e. The van der Waals surface area contributed by atoms with Crippen LogP contribution in [0, 0.1) is 13.8 Å². The summed E-state index contributed by atoms with van der Waals surface area (Å²) < 4.78 is 5.55. The van der Waals surface area contributed by atoms with Crippen LogP contribution in [-0.4, -0.2) is 30.4 Å². The predicted molar refractivity (Wildman–Crippen MR) is 137 cm³/mol. The van der Waals surface area contributed by atoms with Crippen LogP contribution < -0.4 is 20.3 Å². The van der Waals surface area contributed by atoms with Gasteiger partial charge >= 0.3 is 6.03 Å². The van der Waals surface area contributed by atoms with Gasteiger partial charge in [-0.2, -0.15) is 0 Å². The molecule has 9 heteroatoms. The highest BCUT2D eigenvalue weighted by Gasteiger charge is 2.36. The molecule has 0 aromatic heterocycles. The quantitative estimate of drug-likeness (QED) is 0.376. The van der Waals surface area contributed by atoms with Crippen LogP contribution in [0.1, 0.15) is 16.7 Å². The molecule has 182 valence electrons. The van der Waals surface area contributed by atoms with Gasteiger partial charge in [-0.05, 0) is 66.9 Å². The van der Waals surface area contributed by atoms with E-state index in [9.17, 15) is 19.2 Å². The minimum absolute atomic E-state index is 0.184. The molecule has 1 heterocycles. The number of nitrogens with one attached hydrogen (secondary N) is 2. The first-order valence-corrected chi connectivity index (χ1v) is 11.4. The maximum Gasteiger partial charge on any atom is 0.335 e. The van der Waals surface area contributed by atoms with E-state index in [2.05, 4.69) is 10.6 Å². The van der Waals surface area contributed by atoms with Gasteiger partial charge < -0.3 is 10.1 Å². The second-order valence-electron chi connectivity index (χ2n) is 8.14. The molecule has 0 spiro atoms. The van der Waals surface area contributed by atoms with E-state index in [0.29, 0.717) is 16.9 Å². The third-order valence-corrected chi connectivity index (χ3v) is 5.70. The Labute approximate surface area is 212 Å². The van der Waals surface area contributed by atoms with E-state index >= 15 is 0 Å². The molecule has 1 fully saturated rings. The van der Waals surface area contributed by atoms with Gasteiger partial charge in [-0.3, -0.25) is 19.7 Å². The third-order valence-electron chi connectivity index (χ3n) is 5.41. The van der Waals surface area contributed by atoms with Crippen molar-refractivity contribution < 1.29 is 23.9 Å². The summed E-state index contributed by atoms with van der Waals surface area (Å²) >= 11 is 6.32. The van der Waals surface area contributed by atoms with E-state index in [1.807, 2.05) is 32.0 Å². The number of para-hydroxylation sites is 1. The molecule has 0 saturated carbocycles. The van der Waals surface area contributed by atoms with Crippen LogP contribution in [0.2, 0.25) is 5.02 Å². The van der Waals surface area contributed by atoms with E-state index in [1.165, 1.54) is 18.2 Å². The molecule has 2 N–H and O–H groups in total. The van der Waals surface area contributed by atoms with E-state index in [0.717, 1.165) is 16.0 Å². The molecular weight excluding hydrogens is 482 g/mol. The lowest BCUT2D eigenvalue weighted by atomic mass is 10.1. The maximum absolute atomic E-state index is 12.9. The van der Waals surface area contributed by atoms with Crippen molar-refractivity contribution in [3.8, 4) is 5.75 Å². The fourth-order valence-electron chi connectivity index (χ4n) is 3.56. The van der Waals surface area contributed by atoms with Crippen LogP contribution >= 0.6 is 11.6 Å². The highest BCUT2D eigenvalue weighted by Crippen LogP contribution is 2.28. The zero-order chi connectivity index (χ0) is 25.8. The molecule has 3 aromatic carbocycles. The highest BCUT2D eigenvalue weighted by atomic mass is 35.5. The maximum atomic E-state index is 12.9. The van der Waals surface area contributed by atoms with Crippen LogP contribution in [0.25, 0.3) is 6.08 Å². The molecule has 3 aromatic rings. The van der Waals surface area contributed by atoms with Gasteiger partial charge in [0.15, 0.2) is 6.61 Å². The number of anilines is 2. The molecular formula is C27H22ClN3O5. The van der Waals surface area contributed by atoms with Crippen molar-refractivity contribution in [1.29, 1.82) is 0 Å². The Kier molecular flexibility index (Phi) is 7.17. The highest BCUT2D eigenvalue weighted by molar-refractivity contribution is 6.39. The largest absolute Gasteiger partial charge is 0.482 e. The Morgan fingerprint density at radius 3 is 2.50 bits per heavy atom. The van der Waals surface area contributed by atoms with Crippen molar-refractivity contribution in [2.45, 2.75) is 13.8 Å². The summed E-state index contributed by atoms with van der Waals surface area (Å²) in [5.41, 5.74) is 3.20. The molecule has 5 amide bonds. The first-order chi connectivity index (χ1) is 17.2. The minimum Gasteiger partial charge on any atom is -0.482 e. The molecule has 1 saturated heterocycles. The average molecular weight is 504 g/mol. The number of urea groups is 1. The molecule has 1 aliphatic heterocycles. The molecule has 8 nitrogen and oxygen atoms in total. The molecule has 0 radical (unpaired) electrons. The average Bonchev–Trinajstić information content (AvgIpc) is 2.84. The summed E-state index contributed by atoms with van der Waals surface area (Å²) in [5.74, 6) is -1.65. The van der Waals surface area contributed by atoms with Crippen LogP contribution in [0.5, 0.6) is 5.75 Å². The van der Waals surface area contributed by atoms with Gasteiger partial charge in [0.2, 0.25) is 0 Å². The van der Waals surface area contributed by atoms with Gasteiger partial charge in [0.05, 0.1) is 10.7 Å². The van der Waals surface area contributed by atoms with Gasteiger partial charge in [-0.25, -0.2) is 9.69 Å². The van der Waals surface area contributed by atoms with E-state index in [1.54, 1.807) is 36.4 Å². The number of ether oxygens (including phenoxy) is 1. The SMILES string of the molecule is Cc1ccc(C)c(NC(=O)COc2ccc(/C=C3/C(=O)NC(=O)N(c4ccccc4)C3=O)cc2Cl)c1. The zero-order valence-electron chi connectivity index (χ0n) is 19.5. The number of aryl methyl sites for hydroxylation is 2. The zero-order valence-corrected chi connectivity index (χ0v) is 20.3. The third kappa shape index (κ3) is 5.45. The number of barbiturate groups is 1. The fraction of sp³-hybridized carbons (Fsp3) is 0.111. The normalized spacial score (nSPS) is 14.6. The van der Waals surface area contributed by atoms with Crippen molar-refractivity contribution in [1.82, 2.24) is 5.32 Å². The van der Waals surface area contributed by atoms with Crippen LogP contribution in [0.15, 0.2) is 72.3 Å². The molecule has 4 rings (SSSR count). The monoisotopic (exact) mass is 503 g/mol. The number of carbonyl (C=O) groups excluding carboxylic acids is 4. The predicted octanol–water partition coefficient (Wildman–Crippen LogP) is 4.64. The van der Waals surface area contributed by atoms with Crippen LogP contribution in [0.4, 0.5) is 16.2 Å². The first-order valence-electron chi connectivity index (χ1n) is 11.0. The summed E-state index contributed by atoms with van der Waals surface area (Å²) in [6.07, 6.45) is 1.34. The Bertz CT molecular complexity index is 1400. The summed E-state index contributed by atoms with van der Waals surface area (Å²) in [6.45, 7) is 3.57. The lowest BCUT2D eigenvalue weighted by molar-refractivity contribution is -0.122. The van der Waals surface area contributed by atoms with Crippen molar-refractivity contribution in [3.05, 3.63) is 94.0 Å². The molecule has 0 aliphatic carbocycles. The number of carbonyl (C=O) groups is 4. The van der Waals surface area contributed by atoms with Gasteiger partial charge in [0, 0.05) is 5.69 Å². The number of halogens is 1. The number of amides is 5. The van der Waals surface area contributed by atoms with Crippen molar-refractivity contribution in [3.63, 3.8) is 0 Å². The summed E-state index contributed by atoms with van der Waals surface area (Å²) in [5, 5.41) is 5.16. The molecule has 0 unspecified atom stereocenters. The van der Waals surface area contributed by atoms with Gasteiger partial charge in [-0.1, -0.05) is 48.0 Å². The van der Waals surface area contributed by atoms with Crippen LogP contribution in [0.3, 0.4) is 0 Å². The summed E-state index contributed by atoms with van der Waals surface area (Å²) in [6, 6.07) is 17.8. The first kappa shape index (κ1) is 24.7. The number of rotatable bonds is 6. The fourth-order valence-corrected chi connectivity index (χ4v) is 3.80. The van der Waals surface area contributed by atoms with Crippen molar-refractivity contribution in [2.75, 3.05) is 16.8 Å². The van der Waals surface area contributed by atoms with Crippen molar-refractivity contribution in [2.24, 2.45) is 0 Å². The Morgan fingerprint density at radius 1 is 1.03 bits per heavy atom. The number of hydrogen-bond donors (Lipinski definition) is 2. The summed E-state index contributed by atoms with van der Waals surface area (Å²) in [4.78, 5) is 50.8. The number of imide groups is 2. The molecule has 36 heavy (non-hydrogen) atoms. The Morgan fingerprint density at radius 2 is 1.78 bits per heavy atom. The Hall–Kier alpha value is -4.43. The number of benzene rings is 3. The van der Waals surface area contributed by atoms with Gasteiger partial charge in [0.25, 0.3) is 17.7 Å². The van der Waals surface area contributed by atoms with Crippen molar-refractivity contribution >= 4 is 52.8 Å². The number of hydrogen-bond acceptors (Lipinski definition) is 5.